The molecule has 3 aromatic rings. The summed E-state index contributed by atoms with van der Waals surface area (Å²) in [4.78, 5) is 32.5. The standard InChI is InChI=1S/C26H33N3O3/c1-4-14-28(26(31)19-32-3)18-25(30)29(17-21-11-9-20(2)10-12-21)15-13-22-16-27-24-8-6-5-7-23(22)24/h5-12,16,27H,4,13-15,17-19H2,1-3H3. The minimum Gasteiger partial charge on any atom is -0.375 e. The number of aryl methyl sites for hydroxylation is 1. The predicted octanol–water partition coefficient (Wildman–Crippen LogP) is 3.93. The van der Waals surface area contributed by atoms with Crippen LogP contribution in [0.5, 0.6) is 0 Å². The highest BCUT2D eigenvalue weighted by Gasteiger charge is 2.21. The Balaban J connectivity index is 1.76. The molecule has 0 aliphatic rings. The first-order valence-electron chi connectivity index (χ1n) is 11.2. The lowest BCUT2D eigenvalue weighted by Crippen LogP contribution is -2.44. The van der Waals surface area contributed by atoms with Crippen LogP contribution in [0.15, 0.2) is 54.7 Å². The van der Waals surface area contributed by atoms with Crippen molar-refractivity contribution >= 4 is 22.7 Å². The predicted molar refractivity (Wildman–Crippen MR) is 127 cm³/mol. The Morgan fingerprint density at radius 1 is 0.969 bits per heavy atom. The lowest BCUT2D eigenvalue weighted by Gasteiger charge is -2.27. The fourth-order valence-corrected chi connectivity index (χ4v) is 3.84. The molecule has 1 aromatic heterocycles. The number of amides is 2. The Bertz CT molecular complexity index is 1030. The van der Waals surface area contributed by atoms with E-state index in [-0.39, 0.29) is 25.0 Å². The molecular weight excluding hydrogens is 402 g/mol. The summed E-state index contributed by atoms with van der Waals surface area (Å²) >= 11 is 0. The number of rotatable bonds is 11. The molecular formula is C26H33N3O3. The van der Waals surface area contributed by atoms with Crippen molar-refractivity contribution in [2.75, 3.05) is 33.4 Å². The monoisotopic (exact) mass is 435 g/mol. The number of fused-ring (bicyclic) bond motifs is 1. The first-order valence-corrected chi connectivity index (χ1v) is 11.2. The fraction of sp³-hybridized carbons (Fsp3) is 0.385. The van der Waals surface area contributed by atoms with Gasteiger partial charge < -0.3 is 19.5 Å². The van der Waals surface area contributed by atoms with E-state index in [0.717, 1.165) is 23.9 Å². The number of aromatic nitrogens is 1. The zero-order valence-electron chi connectivity index (χ0n) is 19.3. The van der Waals surface area contributed by atoms with Gasteiger partial charge in [-0.05, 0) is 37.0 Å². The number of nitrogens with one attached hydrogen (secondary N) is 1. The number of aromatic amines is 1. The van der Waals surface area contributed by atoms with E-state index >= 15 is 0 Å². The molecule has 3 rings (SSSR count). The molecule has 0 aliphatic carbocycles. The maximum absolute atomic E-state index is 13.3. The van der Waals surface area contributed by atoms with E-state index in [1.807, 2.05) is 37.1 Å². The minimum absolute atomic E-state index is 0.0133. The highest BCUT2D eigenvalue weighted by Crippen LogP contribution is 2.19. The SMILES string of the molecule is CCCN(CC(=O)N(CCc1c[nH]c2ccccc12)Cc1ccc(C)cc1)C(=O)COC. The van der Waals surface area contributed by atoms with E-state index in [1.54, 1.807) is 4.90 Å². The summed E-state index contributed by atoms with van der Waals surface area (Å²) < 4.78 is 5.00. The van der Waals surface area contributed by atoms with Gasteiger partial charge in [0.2, 0.25) is 11.8 Å². The van der Waals surface area contributed by atoms with Crippen LogP contribution in [0.4, 0.5) is 0 Å². The number of H-pyrrole nitrogens is 1. The highest BCUT2D eigenvalue weighted by molar-refractivity contribution is 5.86. The van der Waals surface area contributed by atoms with Crippen molar-refractivity contribution in [3.63, 3.8) is 0 Å². The van der Waals surface area contributed by atoms with Gasteiger partial charge in [0.15, 0.2) is 0 Å². The molecule has 2 aromatic carbocycles. The summed E-state index contributed by atoms with van der Waals surface area (Å²) in [7, 11) is 1.49. The molecule has 2 amide bonds. The third kappa shape index (κ3) is 6.20. The molecule has 0 aliphatic heterocycles. The van der Waals surface area contributed by atoms with Gasteiger partial charge in [0.1, 0.15) is 6.61 Å². The summed E-state index contributed by atoms with van der Waals surface area (Å²) in [5.41, 5.74) is 4.54. The van der Waals surface area contributed by atoms with Crippen molar-refractivity contribution in [1.82, 2.24) is 14.8 Å². The van der Waals surface area contributed by atoms with E-state index in [2.05, 4.69) is 41.4 Å². The van der Waals surface area contributed by atoms with Gasteiger partial charge in [-0.1, -0.05) is 55.0 Å². The van der Waals surface area contributed by atoms with Crippen molar-refractivity contribution < 1.29 is 14.3 Å². The van der Waals surface area contributed by atoms with Crippen LogP contribution in [0.3, 0.4) is 0 Å². The number of nitrogens with zero attached hydrogens (tertiary/aromatic N) is 2. The second kappa shape index (κ2) is 11.5. The summed E-state index contributed by atoms with van der Waals surface area (Å²) in [5, 5.41) is 1.18. The van der Waals surface area contributed by atoms with Gasteiger partial charge in [0, 0.05) is 43.8 Å². The zero-order chi connectivity index (χ0) is 22.9. The van der Waals surface area contributed by atoms with Gasteiger partial charge in [-0.3, -0.25) is 9.59 Å². The largest absolute Gasteiger partial charge is 0.375 e. The summed E-state index contributed by atoms with van der Waals surface area (Å²) in [6.07, 6.45) is 3.54. The molecule has 0 saturated heterocycles. The maximum atomic E-state index is 13.3. The van der Waals surface area contributed by atoms with Crippen molar-refractivity contribution in [3.05, 3.63) is 71.4 Å². The van der Waals surface area contributed by atoms with Gasteiger partial charge in [-0.15, -0.1) is 0 Å². The number of methoxy groups -OCH3 is 1. The number of para-hydroxylation sites is 1. The average Bonchev–Trinajstić information content (AvgIpc) is 3.21. The van der Waals surface area contributed by atoms with E-state index < -0.39 is 0 Å². The average molecular weight is 436 g/mol. The van der Waals surface area contributed by atoms with E-state index in [0.29, 0.717) is 19.6 Å². The molecule has 32 heavy (non-hydrogen) atoms. The number of ether oxygens (including phenoxy) is 1. The molecule has 0 fully saturated rings. The van der Waals surface area contributed by atoms with Gasteiger partial charge in [0.25, 0.3) is 0 Å². The van der Waals surface area contributed by atoms with Gasteiger partial charge >= 0.3 is 0 Å². The molecule has 6 nitrogen and oxygen atoms in total. The van der Waals surface area contributed by atoms with Gasteiger partial charge in [0.05, 0.1) is 6.54 Å². The Morgan fingerprint density at radius 2 is 1.72 bits per heavy atom. The lowest BCUT2D eigenvalue weighted by molar-refractivity contribution is -0.143. The van der Waals surface area contributed by atoms with E-state index in [1.165, 1.54) is 23.6 Å². The topological polar surface area (TPSA) is 65.6 Å². The van der Waals surface area contributed by atoms with Crippen molar-refractivity contribution in [3.8, 4) is 0 Å². The smallest absolute Gasteiger partial charge is 0.249 e. The van der Waals surface area contributed by atoms with E-state index in [9.17, 15) is 9.59 Å². The number of carbonyl (C=O) groups is 2. The number of hydrogen-bond acceptors (Lipinski definition) is 3. The Kier molecular flexibility index (Phi) is 8.45. The first-order chi connectivity index (χ1) is 15.5. The molecule has 0 saturated carbocycles. The molecule has 1 N–H and O–H groups in total. The van der Waals surface area contributed by atoms with Gasteiger partial charge in [-0.25, -0.2) is 0 Å². The minimum atomic E-state index is -0.158. The Labute approximate surface area is 190 Å². The van der Waals surface area contributed by atoms with Crippen molar-refractivity contribution in [1.29, 1.82) is 0 Å². The second-order valence-electron chi connectivity index (χ2n) is 8.16. The molecule has 0 bridgehead atoms. The molecule has 170 valence electrons. The van der Waals surface area contributed by atoms with Crippen molar-refractivity contribution in [2.45, 2.75) is 33.2 Å². The third-order valence-corrected chi connectivity index (χ3v) is 5.61. The fourth-order valence-electron chi connectivity index (χ4n) is 3.84. The summed E-state index contributed by atoms with van der Waals surface area (Å²) in [5.74, 6) is -0.210. The zero-order valence-corrected chi connectivity index (χ0v) is 19.3. The van der Waals surface area contributed by atoms with Crippen LogP contribution in [0.2, 0.25) is 0 Å². The summed E-state index contributed by atoms with van der Waals surface area (Å²) in [6.45, 7) is 5.73. The number of carbonyl (C=O) groups excluding carboxylic acids is 2. The normalized spacial score (nSPS) is 11.0. The molecule has 0 atom stereocenters. The van der Waals surface area contributed by atoms with Crippen LogP contribution < -0.4 is 0 Å². The Hall–Kier alpha value is -3.12. The van der Waals surface area contributed by atoms with Crippen LogP contribution in [-0.2, 0) is 27.3 Å². The van der Waals surface area contributed by atoms with Crippen LogP contribution in [0.1, 0.15) is 30.0 Å². The quantitative estimate of drug-likeness (QED) is 0.496. The molecule has 1 heterocycles. The van der Waals surface area contributed by atoms with Crippen LogP contribution in [-0.4, -0.2) is 59.9 Å². The second-order valence-corrected chi connectivity index (χ2v) is 8.16. The number of hydrogen-bond donors (Lipinski definition) is 1. The first kappa shape index (κ1) is 23.5. The van der Waals surface area contributed by atoms with Crippen LogP contribution in [0.25, 0.3) is 10.9 Å². The van der Waals surface area contributed by atoms with Crippen LogP contribution in [0, 0.1) is 6.92 Å². The molecule has 6 heteroatoms. The summed E-state index contributed by atoms with van der Waals surface area (Å²) in [6, 6.07) is 16.4. The highest BCUT2D eigenvalue weighted by atomic mass is 16.5. The number of benzene rings is 2. The lowest BCUT2D eigenvalue weighted by atomic mass is 10.1. The van der Waals surface area contributed by atoms with Crippen LogP contribution >= 0.6 is 0 Å². The van der Waals surface area contributed by atoms with Gasteiger partial charge in [-0.2, -0.15) is 0 Å². The molecule has 0 spiro atoms. The van der Waals surface area contributed by atoms with Crippen molar-refractivity contribution in [2.24, 2.45) is 0 Å². The Morgan fingerprint density at radius 3 is 2.44 bits per heavy atom. The molecule has 0 unspecified atom stereocenters. The molecule has 0 radical (unpaired) electrons. The van der Waals surface area contributed by atoms with E-state index in [4.69, 9.17) is 4.74 Å². The maximum Gasteiger partial charge on any atom is 0.249 e. The third-order valence-electron chi connectivity index (χ3n) is 5.61.